The number of allylic oxidation sites excluding steroid dienone is 1. The smallest absolute Gasteiger partial charge is 0.294 e. The van der Waals surface area contributed by atoms with E-state index in [9.17, 15) is 13.2 Å². The van der Waals surface area contributed by atoms with Gasteiger partial charge in [0.1, 0.15) is 0 Å². The number of benzene rings is 2. The first-order chi connectivity index (χ1) is 15.3. The maximum atomic E-state index is 12.7. The van der Waals surface area contributed by atoms with Gasteiger partial charge in [0, 0.05) is 18.0 Å². The molecule has 2 aromatic carbocycles. The second kappa shape index (κ2) is 8.77. The van der Waals surface area contributed by atoms with Gasteiger partial charge < -0.3 is 4.98 Å². The summed E-state index contributed by atoms with van der Waals surface area (Å²) in [5, 5.41) is 17.2. The topological polar surface area (TPSA) is 137 Å². The van der Waals surface area contributed by atoms with Crippen LogP contribution in [-0.4, -0.2) is 24.0 Å². The third kappa shape index (κ3) is 4.76. The minimum atomic E-state index is -4.24. The summed E-state index contributed by atoms with van der Waals surface area (Å²) in [5.41, 5.74) is 2.57. The fraction of sp³-hybridized carbons (Fsp3) is 0.136. The molecule has 164 valence electrons. The van der Waals surface area contributed by atoms with Crippen molar-refractivity contribution in [3.63, 3.8) is 0 Å². The van der Waals surface area contributed by atoms with Crippen molar-refractivity contribution in [3.05, 3.63) is 88.4 Å². The Hall–Kier alpha value is -3.76. The molecule has 1 aromatic heterocycles. The van der Waals surface area contributed by atoms with Gasteiger partial charge in [-0.15, -0.1) is 5.11 Å². The number of pyridine rings is 1. The normalized spacial score (nSPS) is 16.8. The summed E-state index contributed by atoms with van der Waals surface area (Å²) < 4.78 is 31.1. The lowest BCUT2D eigenvalue weighted by molar-refractivity contribution is 0.483. The highest BCUT2D eigenvalue weighted by molar-refractivity contribution is 7.85. The van der Waals surface area contributed by atoms with E-state index >= 15 is 0 Å². The van der Waals surface area contributed by atoms with Gasteiger partial charge in [0.25, 0.3) is 10.1 Å². The van der Waals surface area contributed by atoms with Gasteiger partial charge in [-0.25, -0.2) is 0 Å². The van der Waals surface area contributed by atoms with E-state index in [0.29, 0.717) is 28.9 Å². The number of fused-ring (bicyclic) bond motifs is 1. The van der Waals surface area contributed by atoms with E-state index in [4.69, 9.17) is 4.55 Å². The van der Waals surface area contributed by atoms with Crippen LogP contribution in [0.1, 0.15) is 13.5 Å². The molecule has 10 heteroatoms. The molecule has 0 bridgehead atoms. The Morgan fingerprint density at radius 3 is 2.50 bits per heavy atom. The average Bonchev–Trinajstić information content (AvgIpc) is 2.78. The van der Waals surface area contributed by atoms with Crippen molar-refractivity contribution in [2.45, 2.75) is 24.3 Å². The molecule has 0 saturated carbocycles. The Kier molecular flexibility index (Phi) is 5.89. The number of hydrogen-bond acceptors (Lipinski definition) is 7. The Morgan fingerprint density at radius 2 is 1.81 bits per heavy atom. The van der Waals surface area contributed by atoms with Crippen LogP contribution in [0.2, 0.25) is 0 Å². The van der Waals surface area contributed by atoms with Crippen molar-refractivity contribution < 1.29 is 14.4 Å². The number of azo groups is 2. The summed E-state index contributed by atoms with van der Waals surface area (Å²) in [6, 6.07) is 12.5. The SMILES string of the molecule is Cc1[nH]c2ccccc2c(=O)c1N=NC1=CCC(N=Nc2ccc(S(=O)(=O)O)cc2)C=C1.[HH]. The zero-order chi connectivity index (χ0) is 22.7. The van der Waals surface area contributed by atoms with Gasteiger partial charge in [-0.2, -0.15) is 23.8 Å². The van der Waals surface area contributed by atoms with E-state index in [-0.39, 0.29) is 23.5 Å². The maximum absolute atomic E-state index is 12.7. The number of aromatic nitrogens is 1. The molecular formula is C22H21N5O4S. The third-order valence-corrected chi connectivity index (χ3v) is 5.71. The molecule has 1 aliphatic rings. The summed E-state index contributed by atoms with van der Waals surface area (Å²) in [5.74, 6) is 0. The second-order valence-corrected chi connectivity index (χ2v) is 8.57. The van der Waals surface area contributed by atoms with Crippen LogP contribution in [0.3, 0.4) is 0 Å². The molecule has 0 radical (unpaired) electrons. The van der Waals surface area contributed by atoms with Crippen LogP contribution in [0.25, 0.3) is 10.9 Å². The van der Waals surface area contributed by atoms with Crippen LogP contribution >= 0.6 is 0 Å². The summed E-state index contributed by atoms with van der Waals surface area (Å²) in [6.07, 6.45) is 5.97. The number of aryl methyl sites for hydroxylation is 1. The first-order valence-electron chi connectivity index (χ1n) is 9.71. The number of nitrogens with zero attached hydrogens (tertiary/aromatic N) is 4. The van der Waals surface area contributed by atoms with Crippen LogP contribution in [0, 0.1) is 6.92 Å². The number of H-pyrrole nitrogens is 1. The van der Waals surface area contributed by atoms with Crippen molar-refractivity contribution >= 4 is 32.4 Å². The standard InChI is InChI=1S/C22H19N5O4S.H2/c1-14-21(22(28)19-4-2-3-5-20(19)23-14)27-26-16-8-6-15(7-9-16)24-25-17-10-12-18(13-11-17)32(29,30)31;/h2-6,8-13,15H,7H2,1H3,(H,23,28)(H,29,30,31);1H. The molecule has 9 nitrogen and oxygen atoms in total. The number of nitrogens with one attached hydrogen (secondary N) is 1. The first kappa shape index (κ1) is 21.5. The monoisotopic (exact) mass is 451 g/mol. The van der Waals surface area contributed by atoms with E-state index in [1.165, 1.54) is 24.3 Å². The van der Waals surface area contributed by atoms with Crippen molar-refractivity contribution in [1.82, 2.24) is 4.98 Å². The van der Waals surface area contributed by atoms with Crippen molar-refractivity contribution in [3.8, 4) is 0 Å². The van der Waals surface area contributed by atoms with E-state index in [1.807, 2.05) is 24.3 Å². The molecule has 1 aliphatic carbocycles. The summed E-state index contributed by atoms with van der Waals surface area (Å²) in [7, 11) is -4.24. The zero-order valence-corrected chi connectivity index (χ0v) is 17.8. The summed E-state index contributed by atoms with van der Waals surface area (Å²) in [4.78, 5) is 15.7. The number of aromatic amines is 1. The van der Waals surface area contributed by atoms with Crippen molar-refractivity contribution in [2.75, 3.05) is 0 Å². The van der Waals surface area contributed by atoms with Crippen LogP contribution in [0.15, 0.2) is 103 Å². The minimum Gasteiger partial charge on any atom is -0.357 e. The molecule has 1 unspecified atom stereocenters. The minimum absolute atomic E-state index is 0. The molecule has 1 heterocycles. The molecular weight excluding hydrogens is 430 g/mol. The van der Waals surface area contributed by atoms with Crippen LogP contribution < -0.4 is 5.43 Å². The van der Waals surface area contributed by atoms with Gasteiger partial charge in [0.2, 0.25) is 5.43 Å². The largest absolute Gasteiger partial charge is 0.357 e. The highest BCUT2D eigenvalue weighted by atomic mass is 32.2. The zero-order valence-electron chi connectivity index (χ0n) is 17.0. The van der Waals surface area contributed by atoms with Gasteiger partial charge in [-0.1, -0.05) is 24.3 Å². The Bertz CT molecular complexity index is 1460. The molecule has 0 aliphatic heterocycles. The van der Waals surface area contributed by atoms with Gasteiger partial charge in [0.15, 0.2) is 5.69 Å². The molecule has 4 rings (SSSR count). The van der Waals surface area contributed by atoms with Crippen LogP contribution in [0.5, 0.6) is 0 Å². The fourth-order valence-corrected chi connectivity index (χ4v) is 3.64. The predicted molar refractivity (Wildman–Crippen MR) is 122 cm³/mol. The Morgan fingerprint density at radius 1 is 1.06 bits per heavy atom. The number of para-hydroxylation sites is 1. The lowest BCUT2D eigenvalue weighted by Crippen LogP contribution is -2.05. The quantitative estimate of drug-likeness (QED) is 0.396. The molecule has 2 N–H and O–H groups in total. The van der Waals surface area contributed by atoms with E-state index in [2.05, 4.69) is 25.4 Å². The Labute approximate surface area is 185 Å². The first-order valence-corrected chi connectivity index (χ1v) is 11.2. The van der Waals surface area contributed by atoms with E-state index < -0.39 is 10.1 Å². The lowest BCUT2D eigenvalue weighted by atomic mass is 10.1. The number of hydrogen-bond donors (Lipinski definition) is 2. The highest BCUT2D eigenvalue weighted by Gasteiger charge is 2.11. The molecule has 3 aromatic rings. The molecule has 0 spiro atoms. The van der Waals surface area contributed by atoms with Gasteiger partial charge in [0.05, 0.1) is 22.3 Å². The summed E-state index contributed by atoms with van der Waals surface area (Å²) >= 11 is 0. The lowest BCUT2D eigenvalue weighted by Gasteiger charge is -2.08. The molecule has 1 atom stereocenters. The predicted octanol–water partition coefficient (Wildman–Crippen LogP) is 5.41. The average molecular weight is 452 g/mol. The van der Waals surface area contributed by atoms with E-state index in [1.54, 1.807) is 25.1 Å². The van der Waals surface area contributed by atoms with Gasteiger partial charge in [-0.05, 0) is 55.8 Å². The molecule has 0 fully saturated rings. The fourth-order valence-electron chi connectivity index (χ4n) is 3.16. The molecule has 0 saturated heterocycles. The van der Waals surface area contributed by atoms with Crippen molar-refractivity contribution in [2.24, 2.45) is 20.5 Å². The Balaban J connectivity index is 0.00000306. The van der Waals surface area contributed by atoms with Crippen LogP contribution in [-0.2, 0) is 10.1 Å². The number of rotatable bonds is 5. The molecule has 0 amide bonds. The van der Waals surface area contributed by atoms with Gasteiger partial charge in [-0.3, -0.25) is 9.35 Å². The van der Waals surface area contributed by atoms with Gasteiger partial charge >= 0.3 is 0 Å². The molecule has 32 heavy (non-hydrogen) atoms. The second-order valence-electron chi connectivity index (χ2n) is 7.15. The third-order valence-electron chi connectivity index (χ3n) is 4.84. The van der Waals surface area contributed by atoms with E-state index in [0.717, 1.165) is 5.52 Å². The summed E-state index contributed by atoms with van der Waals surface area (Å²) in [6.45, 7) is 1.78. The van der Waals surface area contributed by atoms with Crippen molar-refractivity contribution in [1.29, 1.82) is 0 Å². The maximum Gasteiger partial charge on any atom is 0.294 e. The highest BCUT2D eigenvalue weighted by Crippen LogP contribution is 2.22. The van der Waals surface area contributed by atoms with Crippen LogP contribution in [0.4, 0.5) is 11.4 Å².